The van der Waals surface area contributed by atoms with Crippen molar-refractivity contribution >= 4 is 17.7 Å². The molecule has 2 aliphatic heterocycles. The number of carbonyl (C=O) groups excluding carboxylic acids is 3. The highest BCUT2D eigenvalue weighted by Crippen LogP contribution is 2.38. The number of furan rings is 1. The molecule has 2 aliphatic rings. The lowest BCUT2D eigenvalue weighted by atomic mass is 9.85. The van der Waals surface area contributed by atoms with Crippen LogP contribution in [0.25, 0.3) is 11.5 Å². The van der Waals surface area contributed by atoms with Gasteiger partial charge in [-0.25, -0.2) is 0 Å². The van der Waals surface area contributed by atoms with E-state index in [4.69, 9.17) is 4.42 Å². The molecule has 1 spiro atoms. The summed E-state index contributed by atoms with van der Waals surface area (Å²) < 4.78 is 5.50. The first-order valence-electron chi connectivity index (χ1n) is 7.73. The first-order valence-corrected chi connectivity index (χ1v) is 7.73. The number of aromatic amines is 1. The number of nitrogens with one attached hydrogen (secondary N) is 2. The normalized spacial score (nSPS) is 23.3. The fraction of sp³-hybridized carbons (Fsp3) is 0.375. The molecule has 0 saturated carbocycles. The molecule has 0 bridgehead atoms. The summed E-state index contributed by atoms with van der Waals surface area (Å²) in [7, 11) is 0. The maximum atomic E-state index is 12.6. The number of rotatable bonds is 2. The van der Waals surface area contributed by atoms with Gasteiger partial charge >= 0.3 is 0 Å². The number of nitrogens with zero attached hydrogens (tertiary/aromatic N) is 2. The molecule has 2 saturated heterocycles. The van der Waals surface area contributed by atoms with Crippen LogP contribution < -0.4 is 5.32 Å². The summed E-state index contributed by atoms with van der Waals surface area (Å²) in [6.07, 6.45) is 0.637. The lowest BCUT2D eigenvalue weighted by Gasteiger charge is -2.19. The number of hydrogen-bond donors (Lipinski definition) is 2. The largest absolute Gasteiger partial charge is 0.460 e. The first kappa shape index (κ1) is 14.7. The molecule has 24 heavy (non-hydrogen) atoms. The van der Waals surface area contributed by atoms with Crippen molar-refractivity contribution in [2.45, 2.75) is 19.8 Å². The monoisotopic (exact) mass is 328 g/mol. The molecule has 1 atom stereocenters. The van der Waals surface area contributed by atoms with Gasteiger partial charge in [-0.1, -0.05) is 0 Å². The highest BCUT2D eigenvalue weighted by molar-refractivity contribution is 6.06. The van der Waals surface area contributed by atoms with E-state index in [1.165, 1.54) is 0 Å². The molecular formula is C16H16N4O4. The Bertz CT molecular complexity index is 852. The van der Waals surface area contributed by atoms with Gasteiger partial charge in [0.2, 0.25) is 11.8 Å². The van der Waals surface area contributed by atoms with Gasteiger partial charge in [0.25, 0.3) is 5.91 Å². The molecule has 2 aromatic rings. The van der Waals surface area contributed by atoms with Crippen LogP contribution >= 0.6 is 0 Å². The van der Waals surface area contributed by atoms with Gasteiger partial charge in [-0.2, -0.15) is 5.10 Å². The Labute approximate surface area is 137 Å². The Morgan fingerprint density at radius 2 is 2.21 bits per heavy atom. The zero-order valence-electron chi connectivity index (χ0n) is 13.1. The Hall–Kier alpha value is -2.90. The molecule has 124 valence electrons. The van der Waals surface area contributed by atoms with Crippen LogP contribution in [0.4, 0.5) is 0 Å². The third-order valence-corrected chi connectivity index (χ3v) is 4.68. The van der Waals surface area contributed by atoms with E-state index in [9.17, 15) is 14.4 Å². The second kappa shape index (κ2) is 5.05. The number of imide groups is 1. The molecule has 0 aliphatic carbocycles. The minimum atomic E-state index is -0.774. The number of amides is 3. The van der Waals surface area contributed by atoms with Crippen molar-refractivity contribution in [1.82, 2.24) is 20.4 Å². The molecule has 3 amide bonds. The van der Waals surface area contributed by atoms with Crippen molar-refractivity contribution in [1.29, 1.82) is 0 Å². The number of hydrogen-bond acceptors (Lipinski definition) is 5. The van der Waals surface area contributed by atoms with Gasteiger partial charge in [0.1, 0.15) is 11.5 Å². The zero-order valence-corrected chi connectivity index (χ0v) is 13.1. The van der Waals surface area contributed by atoms with Crippen LogP contribution in [-0.2, 0) is 9.59 Å². The van der Waals surface area contributed by atoms with Gasteiger partial charge in [-0.3, -0.25) is 24.8 Å². The van der Waals surface area contributed by atoms with Crippen LogP contribution in [0.2, 0.25) is 0 Å². The third-order valence-electron chi connectivity index (χ3n) is 4.68. The van der Waals surface area contributed by atoms with E-state index < -0.39 is 5.41 Å². The number of carbonyl (C=O) groups is 3. The molecule has 2 aromatic heterocycles. The van der Waals surface area contributed by atoms with E-state index in [0.717, 1.165) is 5.76 Å². The average molecular weight is 328 g/mol. The summed E-state index contributed by atoms with van der Waals surface area (Å²) >= 11 is 0. The maximum Gasteiger partial charge on any atom is 0.274 e. The highest BCUT2D eigenvalue weighted by atomic mass is 16.3. The molecule has 0 radical (unpaired) electrons. The standard InChI is InChI=1S/C16H16N4O4/c1-9-2-3-12(24-9)10-6-11(19-18-10)14(22)20-5-4-16(8-20)7-13(21)17-15(16)23/h2-3,6H,4-5,7-8H2,1H3,(H,18,19)(H,17,21,23)/t16-/m0/s1. The predicted molar refractivity (Wildman–Crippen MR) is 81.7 cm³/mol. The summed E-state index contributed by atoms with van der Waals surface area (Å²) in [6, 6.07) is 5.26. The summed E-state index contributed by atoms with van der Waals surface area (Å²) in [4.78, 5) is 37.7. The maximum absolute atomic E-state index is 12.6. The van der Waals surface area contributed by atoms with E-state index in [-0.39, 0.29) is 36.4 Å². The van der Waals surface area contributed by atoms with Gasteiger partial charge in [-0.15, -0.1) is 0 Å². The van der Waals surface area contributed by atoms with Crippen LogP contribution in [0, 0.1) is 12.3 Å². The van der Waals surface area contributed by atoms with E-state index in [0.29, 0.717) is 24.4 Å². The van der Waals surface area contributed by atoms with Crippen molar-refractivity contribution < 1.29 is 18.8 Å². The molecule has 4 heterocycles. The van der Waals surface area contributed by atoms with E-state index in [1.807, 2.05) is 13.0 Å². The fourth-order valence-corrected chi connectivity index (χ4v) is 3.37. The van der Waals surface area contributed by atoms with Crippen molar-refractivity contribution in [3.63, 3.8) is 0 Å². The second-order valence-electron chi connectivity index (χ2n) is 6.39. The Morgan fingerprint density at radius 1 is 1.38 bits per heavy atom. The number of likely N-dealkylation sites (tertiary alicyclic amines) is 1. The topological polar surface area (TPSA) is 108 Å². The fourth-order valence-electron chi connectivity index (χ4n) is 3.37. The van der Waals surface area contributed by atoms with Crippen molar-refractivity contribution in [3.05, 3.63) is 29.7 Å². The van der Waals surface area contributed by atoms with Crippen LogP contribution in [0.15, 0.2) is 22.6 Å². The van der Waals surface area contributed by atoms with Crippen LogP contribution in [0.1, 0.15) is 29.1 Å². The van der Waals surface area contributed by atoms with Gasteiger partial charge in [0.05, 0.1) is 5.41 Å². The molecule has 4 rings (SSSR count). The molecule has 0 aromatic carbocycles. The van der Waals surface area contributed by atoms with Gasteiger partial charge in [0, 0.05) is 25.6 Å². The Morgan fingerprint density at radius 3 is 2.88 bits per heavy atom. The van der Waals surface area contributed by atoms with Crippen molar-refractivity contribution in [2.75, 3.05) is 13.1 Å². The summed E-state index contributed by atoms with van der Waals surface area (Å²) in [5, 5.41) is 9.17. The molecule has 8 heteroatoms. The summed E-state index contributed by atoms with van der Waals surface area (Å²) in [5.74, 6) is 0.564. The van der Waals surface area contributed by atoms with E-state index >= 15 is 0 Å². The van der Waals surface area contributed by atoms with Gasteiger partial charge in [0.15, 0.2) is 11.5 Å². The SMILES string of the molecule is Cc1ccc(-c2cc(C(=O)N3CC[C@]4(CC(=O)NC4=O)C3)n[nH]2)o1. The molecular weight excluding hydrogens is 312 g/mol. The summed E-state index contributed by atoms with van der Waals surface area (Å²) in [6.45, 7) is 2.51. The summed E-state index contributed by atoms with van der Waals surface area (Å²) in [5.41, 5.74) is 0.110. The highest BCUT2D eigenvalue weighted by Gasteiger charge is 2.52. The van der Waals surface area contributed by atoms with Crippen LogP contribution in [0.3, 0.4) is 0 Å². The van der Waals surface area contributed by atoms with Crippen molar-refractivity contribution in [2.24, 2.45) is 5.41 Å². The lowest BCUT2D eigenvalue weighted by Crippen LogP contribution is -2.36. The van der Waals surface area contributed by atoms with Gasteiger partial charge in [-0.05, 0) is 25.5 Å². The Balaban J connectivity index is 1.52. The second-order valence-corrected chi connectivity index (χ2v) is 6.39. The number of aryl methyl sites for hydroxylation is 1. The minimum Gasteiger partial charge on any atom is -0.460 e. The molecule has 2 N–H and O–H groups in total. The molecule has 2 fully saturated rings. The van der Waals surface area contributed by atoms with Gasteiger partial charge < -0.3 is 9.32 Å². The lowest BCUT2D eigenvalue weighted by molar-refractivity contribution is -0.128. The smallest absolute Gasteiger partial charge is 0.274 e. The van der Waals surface area contributed by atoms with Crippen LogP contribution in [0.5, 0.6) is 0 Å². The first-order chi connectivity index (χ1) is 11.5. The van der Waals surface area contributed by atoms with Crippen LogP contribution in [-0.4, -0.2) is 45.9 Å². The van der Waals surface area contributed by atoms with E-state index in [2.05, 4.69) is 15.5 Å². The molecule has 0 unspecified atom stereocenters. The Kier molecular flexibility index (Phi) is 3.09. The van der Waals surface area contributed by atoms with Crippen molar-refractivity contribution in [3.8, 4) is 11.5 Å². The minimum absolute atomic E-state index is 0.146. The quantitative estimate of drug-likeness (QED) is 0.795. The van der Waals surface area contributed by atoms with E-state index in [1.54, 1.807) is 17.0 Å². The zero-order chi connectivity index (χ0) is 16.9. The number of aromatic nitrogens is 2. The average Bonchev–Trinajstić information content (AvgIpc) is 3.27. The third kappa shape index (κ3) is 2.22. The predicted octanol–water partition coefficient (Wildman–Crippen LogP) is 0.857. The molecule has 8 nitrogen and oxygen atoms in total. The number of H-pyrrole nitrogens is 1.